The van der Waals surface area contributed by atoms with Crippen LogP contribution >= 0.6 is 0 Å². The molecule has 4 heteroatoms. The highest BCUT2D eigenvalue weighted by atomic mass is 19.1. The van der Waals surface area contributed by atoms with E-state index in [1.165, 1.54) is 13.2 Å². The van der Waals surface area contributed by atoms with Gasteiger partial charge in [-0.15, -0.1) is 0 Å². The summed E-state index contributed by atoms with van der Waals surface area (Å²) in [6.45, 7) is 2.72. The molecule has 1 N–H and O–H groups in total. The highest BCUT2D eigenvalue weighted by Crippen LogP contribution is 2.30. The van der Waals surface area contributed by atoms with Crippen LogP contribution in [0.4, 0.5) is 4.39 Å². The number of nitrogens with zero attached hydrogens (tertiary/aromatic N) is 1. The first-order chi connectivity index (χ1) is 8.43. The molecule has 2 atom stereocenters. The van der Waals surface area contributed by atoms with Crippen LogP contribution in [-0.4, -0.2) is 42.4 Å². The molecule has 2 rings (SSSR count). The highest BCUT2D eigenvalue weighted by molar-refractivity contribution is 5.30. The fraction of sp³-hybridized carbons (Fsp3) is 0.571. The van der Waals surface area contributed by atoms with Crippen molar-refractivity contribution >= 4 is 0 Å². The molecule has 0 saturated carbocycles. The van der Waals surface area contributed by atoms with E-state index in [0.717, 1.165) is 12.0 Å². The molecule has 0 bridgehead atoms. The zero-order valence-electron chi connectivity index (χ0n) is 11.1. The molecule has 0 spiro atoms. The number of β-amino-alcohol motifs (C(OH)–C–C–N with tert-alkyl or cyclic N) is 1. The predicted molar refractivity (Wildman–Crippen MR) is 68.3 cm³/mol. The zero-order valence-corrected chi connectivity index (χ0v) is 11.1. The smallest absolute Gasteiger partial charge is 0.165 e. The van der Waals surface area contributed by atoms with Gasteiger partial charge in [-0.1, -0.05) is 6.07 Å². The Morgan fingerprint density at radius 3 is 2.78 bits per heavy atom. The van der Waals surface area contributed by atoms with E-state index in [0.29, 0.717) is 19.0 Å². The van der Waals surface area contributed by atoms with Gasteiger partial charge < -0.3 is 14.7 Å². The molecular weight excluding hydrogens is 233 g/mol. The molecule has 0 radical (unpaired) electrons. The van der Waals surface area contributed by atoms with E-state index in [1.54, 1.807) is 6.07 Å². The van der Waals surface area contributed by atoms with Crippen molar-refractivity contribution in [2.24, 2.45) is 0 Å². The molecule has 100 valence electrons. The lowest BCUT2D eigenvalue weighted by molar-refractivity contribution is 0.0520. The number of rotatable bonds is 3. The fourth-order valence-corrected chi connectivity index (χ4v) is 2.72. The van der Waals surface area contributed by atoms with Crippen LogP contribution in [0.15, 0.2) is 18.2 Å². The second-order valence-corrected chi connectivity index (χ2v) is 5.34. The molecule has 1 aliphatic heterocycles. The summed E-state index contributed by atoms with van der Waals surface area (Å²) >= 11 is 0. The van der Waals surface area contributed by atoms with Gasteiger partial charge in [-0.3, -0.25) is 0 Å². The normalized spacial score (nSPS) is 28.6. The van der Waals surface area contributed by atoms with Crippen LogP contribution in [0.2, 0.25) is 0 Å². The second-order valence-electron chi connectivity index (χ2n) is 5.34. The summed E-state index contributed by atoms with van der Waals surface area (Å²) in [5.74, 6) is -0.138. The molecular formula is C14H20FNO2. The van der Waals surface area contributed by atoms with E-state index in [-0.39, 0.29) is 11.6 Å². The maximum absolute atomic E-state index is 13.6. The summed E-state index contributed by atoms with van der Waals surface area (Å²) < 4.78 is 18.5. The van der Waals surface area contributed by atoms with E-state index in [9.17, 15) is 9.50 Å². The molecule has 18 heavy (non-hydrogen) atoms. The molecule has 1 aromatic carbocycles. The molecule has 1 fully saturated rings. The Morgan fingerprint density at radius 2 is 2.28 bits per heavy atom. The molecule has 2 unspecified atom stereocenters. The molecule has 1 aromatic rings. The quantitative estimate of drug-likeness (QED) is 0.892. The van der Waals surface area contributed by atoms with Crippen LogP contribution < -0.4 is 4.74 Å². The molecule has 0 amide bonds. The van der Waals surface area contributed by atoms with E-state index in [4.69, 9.17) is 4.74 Å². The third-order valence-corrected chi connectivity index (χ3v) is 3.72. The minimum absolute atomic E-state index is 0.239. The molecule has 0 aromatic heterocycles. The van der Waals surface area contributed by atoms with E-state index < -0.39 is 5.60 Å². The van der Waals surface area contributed by atoms with Crippen molar-refractivity contribution < 1.29 is 14.2 Å². The number of halogens is 1. The fourth-order valence-electron chi connectivity index (χ4n) is 2.72. The lowest BCUT2D eigenvalue weighted by Crippen LogP contribution is -2.34. The topological polar surface area (TPSA) is 32.7 Å². The first kappa shape index (κ1) is 13.3. The van der Waals surface area contributed by atoms with Crippen molar-refractivity contribution in [3.8, 4) is 5.75 Å². The van der Waals surface area contributed by atoms with Crippen molar-refractivity contribution in [2.45, 2.75) is 31.4 Å². The average Bonchev–Trinajstić information content (AvgIpc) is 2.52. The SMILES string of the molecule is COc1ccc(CC2(O)CC(C)N(C)C2)cc1F. The van der Waals surface area contributed by atoms with Crippen LogP contribution in [0.1, 0.15) is 18.9 Å². The van der Waals surface area contributed by atoms with Gasteiger partial charge in [-0.05, 0) is 38.1 Å². The maximum atomic E-state index is 13.6. The average molecular weight is 253 g/mol. The van der Waals surface area contributed by atoms with Gasteiger partial charge in [0, 0.05) is 19.0 Å². The molecule has 0 aliphatic carbocycles. The van der Waals surface area contributed by atoms with E-state index in [1.807, 2.05) is 13.1 Å². The summed E-state index contributed by atoms with van der Waals surface area (Å²) in [4.78, 5) is 2.12. The number of hydrogen-bond donors (Lipinski definition) is 1. The van der Waals surface area contributed by atoms with Crippen LogP contribution in [0.5, 0.6) is 5.75 Å². The number of benzene rings is 1. The molecule has 3 nitrogen and oxygen atoms in total. The monoisotopic (exact) mass is 253 g/mol. The maximum Gasteiger partial charge on any atom is 0.165 e. The van der Waals surface area contributed by atoms with Gasteiger partial charge in [0.2, 0.25) is 0 Å². The van der Waals surface area contributed by atoms with E-state index in [2.05, 4.69) is 11.8 Å². The Labute approximate surface area is 107 Å². The lowest BCUT2D eigenvalue weighted by atomic mass is 9.92. The van der Waals surface area contributed by atoms with E-state index >= 15 is 0 Å². The Bertz CT molecular complexity index is 426. The predicted octanol–water partition coefficient (Wildman–Crippen LogP) is 1.83. The Kier molecular flexibility index (Phi) is 3.59. The van der Waals surface area contributed by atoms with Gasteiger partial charge in [0.25, 0.3) is 0 Å². The van der Waals surface area contributed by atoms with Gasteiger partial charge in [-0.2, -0.15) is 0 Å². The first-order valence-electron chi connectivity index (χ1n) is 6.18. The van der Waals surface area contributed by atoms with Crippen LogP contribution in [0.25, 0.3) is 0 Å². The van der Waals surface area contributed by atoms with Crippen LogP contribution in [-0.2, 0) is 6.42 Å². The van der Waals surface area contributed by atoms with Crippen molar-refractivity contribution in [2.75, 3.05) is 20.7 Å². The van der Waals surface area contributed by atoms with Crippen LogP contribution in [0.3, 0.4) is 0 Å². The van der Waals surface area contributed by atoms with Gasteiger partial charge in [0.1, 0.15) is 0 Å². The number of methoxy groups -OCH3 is 1. The number of likely N-dealkylation sites (N-methyl/N-ethyl adjacent to an activating group) is 1. The van der Waals surface area contributed by atoms with Gasteiger partial charge in [-0.25, -0.2) is 4.39 Å². The standard InChI is InChI=1S/C14H20FNO2/c1-10-7-14(17,9-16(10)2)8-11-4-5-13(18-3)12(15)6-11/h4-6,10,17H,7-9H2,1-3H3. The largest absolute Gasteiger partial charge is 0.494 e. The minimum Gasteiger partial charge on any atom is -0.494 e. The van der Waals surface area contributed by atoms with Crippen molar-refractivity contribution in [3.63, 3.8) is 0 Å². The summed E-state index contributed by atoms with van der Waals surface area (Å²) in [6, 6.07) is 5.22. The summed E-state index contributed by atoms with van der Waals surface area (Å²) in [6.07, 6.45) is 1.19. The van der Waals surface area contributed by atoms with Crippen molar-refractivity contribution in [1.82, 2.24) is 4.90 Å². The van der Waals surface area contributed by atoms with Gasteiger partial charge in [0.05, 0.1) is 12.7 Å². The van der Waals surface area contributed by atoms with Gasteiger partial charge >= 0.3 is 0 Å². The number of hydrogen-bond acceptors (Lipinski definition) is 3. The Hall–Kier alpha value is -1.13. The molecule has 1 aliphatic rings. The highest BCUT2D eigenvalue weighted by Gasteiger charge is 2.38. The lowest BCUT2D eigenvalue weighted by Gasteiger charge is -2.22. The number of likely N-dealkylation sites (tertiary alicyclic amines) is 1. The summed E-state index contributed by atoms with van der Waals surface area (Å²) in [5, 5.41) is 10.5. The number of ether oxygens (including phenoxy) is 1. The number of aliphatic hydroxyl groups is 1. The Morgan fingerprint density at radius 1 is 1.56 bits per heavy atom. The first-order valence-corrected chi connectivity index (χ1v) is 6.18. The third kappa shape index (κ3) is 2.65. The zero-order chi connectivity index (χ0) is 13.3. The Balaban J connectivity index is 2.12. The van der Waals surface area contributed by atoms with Crippen molar-refractivity contribution in [3.05, 3.63) is 29.6 Å². The third-order valence-electron chi connectivity index (χ3n) is 3.72. The van der Waals surface area contributed by atoms with Gasteiger partial charge in [0.15, 0.2) is 11.6 Å². The molecule has 1 heterocycles. The second kappa shape index (κ2) is 4.86. The molecule has 1 saturated heterocycles. The van der Waals surface area contributed by atoms with Crippen LogP contribution in [0, 0.1) is 5.82 Å². The summed E-state index contributed by atoms with van der Waals surface area (Å²) in [7, 11) is 3.44. The van der Waals surface area contributed by atoms with Crippen molar-refractivity contribution in [1.29, 1.82) is 0 Å². The summed E-state index contributed by atoms with van der Waals surface area (Å²) in [5.41, 5.74) is 0.0492. The minimum atomic E-state index is -0.755.